The van der Waals surface area contributed by atoms with Gasteiger partial charge in [-0.25, -0.2) is 0 Å². The van der Waals surface area contributed by atoms with Gasteiger partial charge in [0, 0.05) is 6.42 Å². The first-order chi connectivity index (χ1) is 14.2. The fourth-order valence-corrected chi connectivity index (χ4v) is 2.85. The molecule has 0 saturated heterocycles. The van der Waals surface area contributed by atoms with E-state index in [2.05, 4.69) is 12.2 Å². The summed E-state index contributed by atoms with van der Waals surface area (Å²) in [6, 6.07) is 8.28. The second-order valence-electron chi connectivity index (χ2n) is 6.66. The van der Waals surface area contributed by atoms with E-state index in [0.717, 1.165) is 36.6 Å². The summed E-state index contributed by atoms with van der Waals surface area (Å²) in [5, 5.41) is 2.50. The fourth-order valence-electron chi connectivity index (χ4n) is 2.69. The molecule has 0 aromatic heterocycles. The minimum atomic E-state index is -4.51. The van der Waals surface area contributed by atoms with Gasteiger partial charge in [-0.15, -0.1) is 0 Å². The molecule has 0 unspecified atom stereocenters. The molecule has 0 aliphatic rings. The number of amides is 1. The van der Waals surface area contributed by atoms with Gasteiger partial charge >= 0.3 is 6.18 Å². The number of carbonyl (C=O) groups excluding carboxylic acids is 1. The Hall–Kier alpha value is -2.41. The maximum atomic E-state index is 12.9. The minimum Gasteiger partial charge on any atom is -0.490 e. The third-order valence-corrected chi connectivity index (χ3v) is 4.60. The van der Waals surface area contributed by atoms with Gasteiger partial charge in [-0.05, 0) is 55.7 Å². The van der Waals surface area contributed by atoms with Crippen LogP contribution in [-0.2, 0) is 17.4 Å². The van der Waals surface area contributed by atoms with Crippen LogP contribution in [0.15, 0.2) is 36.4 Å². The number of anilines is 1. The van der Waals surface area contributed by atoms with Gasteiger partial charge in [0.15, 0.2) is 11.5 Å². The van der Waals surface area contributed by atoms with Crippen molar-refractivity contribution in [1.82, 2.24) is 0 Å². The van der Waals surface area contributed by atoms with Crippen LogP contribution < -0.4 is 14.8 Å². The molecule has 0 aliphatic heterocycles. The van der Waals surface area contributed by atoms with Crippen molar-refractivity contribution in [2.75, 3.05) is 18.5 Å². The molecule has 8 heteroatoms. The van der Waals surface area contributed by atoms with Crippen molar-refractivity contribution in [3.63, 3.8) is 0 Å². The van der Waals surface area contributed by atoms with Gasteiger partial charge in [0.2, 0.25) is 5.91 Å². The lowest BCUT2D eigenvalue weighted by atomic mass is 10.1. The topological polar surface area (TPSA) is 47.6 Å². The van der Waals surface area contributed by atoms with Crippen molar-refractivity contribution in [1.29, 1.82) is 0 Å². The summed E-state index contributed by atoms with van der Waals surface area (Å²) in [6.45, 7) is 5.01. The number of carbonyl (C=O) groups is 1. The smallest absolute Gasteiger partial charge is 0.416 e. The zero-order valence-electron chi connectivity index (χ0n) is 16.9. The van der Waals surface area contributed by atoms with E-state index in [1.165, 1.54) is 0 Å². The highest BCUT2D eigenvalue weighted by Gasteiger charge is 2.31. The van der Waals surface area contributed by atoms with Crippen LogP contribution in [0, 0.1) is 0 Å². The van der Waals surface area contributed by atoms with Crippen LogP contribution in [0.4, 0.5) is 18.9 Å². The molecule has 0 bridgehead atoms. The minimum absolute atomic E-state index is 0.0450. The van der Waals surface area contributed by atoms with Crippen LogP contribution in [0.25, 0.3) is 0 Å². The molecule has 0 spiro atoms. The summed E-state index contributed by atoms with van der Waals surface area (Å²) in [5.41, 5.74) is -0.0834. The van der Waals surface area contributed by atoms with E-state index >= 15 is 0 Å². The summed E-state index contributed by atoms with van der Waals surface area (Å²) >= 11 is 5.92. The van der Waals surface area contributed by atoms with E-state index in [0.29, 0.717) is 31.1 Å². The Kier molecular flexibility index (Phi) is 8.84. The number of nitrogens with one attached hydrogen (secondary N) is 1. The third kappa shape index (κ3) is 7.13. The SMILES string of the molecule is CCCCOc1ccc(CCC(=O)Nc2cc(C(F)(F)F)ccc2Cl)cc1OCC. The van der Waals surface area contributed by atoms with Crippen LogP contribution in [0.1, 0.15) is 44.2 Å². The Morgan fingerprint density at radius 1 is 1.07 bits per heavy atom. The lowest BCUT2D eigenvalue weighted by Crippen LogP contribution is -2.14. The largest absolute Gasteiger partial charge is 0.490 e. The molecule has 0 radical (unpaired) electrons. The van der Waals surface area contributed by atoms with Gasteiger partial charge < -0.3 is 14.8 Å². The number of rotatable bonds is 10. The lowest BCUT2D eigenvalue weighted by Gasteiger charge is -2.14. The molecule has 164 valence electrons. The van der Waals surface area contributed by atoms with Crippen molar-refractivity contribution >= 4 is 23.2 Å². The average molecular weight is 444 g/mol. The highest BCUT2D eigenvalue weighted by Crippen LogP contribution is 2.34. The molecule has 1 amide bonds. The number of hydrogen-bond acceptors (Lipinski definition) is 3. The van der Waals surface area contributed by atoms with Gasteiger partial charge in [0.1, 0.15) is 0 Å². The van der Waals surface area contributed by atoms with E-state index in [4.69, 9.17) is 21.1 Å². The molecule has 2 aromatic rings. The van der Waals surface area contributed by atoms with Gasteiger partial charge in [0.05, 0.1) is 29.5 Å². The van der Waals surface area contributed by atoms with E-state index in [9.17, 15) is 18.0 Å². The van der Waals surface area contributed by atoms with Gasteiger partial charge in [-0.2, -0.15) is 13.2 Å². The predicted molar refractivity (Wildman–Crippen MR) is 111 cm³/mol. The fraction of sp³-hybridized carbons (Fsp3) is 0.409. The molecule has 2 aromatic carbocycles. The van der Waals surface area contributed by atoms with Crippen molar-refractivity contribution < 1.29 is 27.4 Å². The van der Waals surface area contributed by atoms with Gasteiger partial charge in [-0.3, -0.25) is 4.79 Å². The Morgan fingerprint density at radius 3 is 2.50 bits per heavy atom. The standard InChI is InChI=1S/C22H25ClF3NO3/c1-3-5-12-30-19-10-6-15(13-20(19)29-4-2)7-11-21(28)27-18-14-16(22(24,25)26)8-9-17(18)23/h6,8-10,13-14H,3-5,7,11-12H2,1-2H3,(H,27,28). The first-order valence-corrected chi connectivity index (χ1v) is 10.2. The summed E-state index contributed by atoms with van der Waals surface area (Å²) in [6.07, 6.45) is -2.09. The number of benzene rings is 2. The molecule has 2 rings (SSSR count). The zero-order valence-corrected chi connectivity index (χ0v) is 17.7. The number of ether oxygens (including phenoxy) is 2. The molecule has 30 heavy (non-hydrogen) atoms. The van der Waals surface area contributed by atoms with Crippen molar-refractivity contribution in [3.05, 3.63) is 52.5 Å². The van der Waals surface area contributed by atoms with Crippen molar-refractivity contribution in [2.24, 2.45) is 0 Å². The number of aryl methyl sites for hydroxylation is 1. The quantitative estimate of drug-likeness (QED) is 0.426. The molecule has 1 N–H and O–H groups in total. The monoisotopic (exact) mass is 443 g/mol. The zero-order chi connectivity index (χ0) is 22.1. The van der Waals surface area contributed by atoms with Gasteiger partial charge in [-0.1, -0.05) is 31.0 Å². The van der Waals surface area contributed by atoms with Crippen molar-refractivity contribution in [3.8, 4) is 11.5 Å². The lowest BCUT2D eigenvalue weighted by molar-refractivity contribution is -0.137. The Balaban J connectivity index is 2.01. The number of halogens is 4. The highest BCUT2D eigenvalue weighted by molar-refractivity contribution is 6.33. The third-order valence-electron chi connectivity index (χ3n) is 4.27. The normalized spacial score (nSPS) is 11.3. The Morgan fingerprint density at radius 2 is 1.83 bits per heavy atom. The predicted octanol–water partition coefficient (Wildman–Crippen LogP) is 6.51. The van der Waals surface area contributed by atoms with E-state index in [1.807, 2.05) is 19.1 Å². The molecule has 4 nitrogen and oxygen atoms in total. The van der Waals surface area contributed by atoms with Crippen molar-refractivity contribution in [2.45, 2.75) is 45.7 Å². The summed E-state index contributed by atoms with van der Waals surface area (Å²) < 4.78 is 49.9. The first kappa shape index (κ1) is 23.9. The second-order valence-corrected chi connectivity index (χ2v) is 7.06. The van der Waals surface area contributed by atoms with Crippen LogP contribution in [0.3, 0.4) is 0 Å². The maximum Gasteiger partial charge on any atom is 0.416 e. The van der Waals surface area contributed by atoms with E-state index < -0.39 is 17.6 Å². The first-order valence-electron chi connectivity index (χ1n) is 9.79. The molecule has 0 heterocycles. The molecule has 0 fully saturated rings. The molecule has 0 atom stereocenters. The number of alkyl halides is 3. The van der Waals surface area contributed by atoms with Crippen LogP contribution in [-0.4, -0.2) is 19.1 Å². The van der Waals surface area contributed by atoms with Crippen LogP contribution in [0.2, 0.25) is 5.02 Å². The van der Waals surface area contributed by atoms with E-state index in [-0.39, 0.29) is 17.1 Å². The molecule has 0 saturated carbocycles. The molecule has 0 aliphatic carbocycles. The van der Waals surface area contributed by atoms with Gasteiger partial charge in [0.25, 0.3) is 0 Å². The number of hydrogen-bond donors (Lipinski definition) is 1. The number of unbranched alkanes of at least 4 members (excludes halogenated alkanes) is 1. The summed E-state index contributed by atoms with van der Waals surface area (Å²) in [4.78, 5) is 12.2. The Labute approximate surface area is 179 Å². The van der Waals surface area contributed by atoms with Crippen LogP contribution in [0.5, 0.6) is 11.5 Å². The van der Waals surface area contributed by atoms with Crippen LogP contribution >= 0.6 is 11.6 Å². The average Bonchev–Trinajstić information content (AvgIpc) is 2.69. The summed E-state index contributed by atoms with van der Waals surface area (Å²) in [5.74, 6) is 0.819. The molecular weight excluding hydrogens is 419 g/mol. The highest BCUT2D eigenvalue weighted by atomic mass is 35.5. The Bertz CT molecular complexity index is 856. The maximum absolute atomic E-state index is 12.9. The summed E-state index contributed by atoms with van der Waals surface area (Å²) in [7, 11) is 0. The van der Waals surface area contributed by atoms with E-state index in [1.54, 1.807) is 6.07 Å². The second kappa shape index (κ2) is 11.1. The molecular formula is C22H25ClF3NO3.